The van der Waals surface area contributed by atoms with Crippen LogP contribution in [0, 0.1) is 19.7 Å². The zero-order chi connectivity index (χ0) is 22.0. The molecule has 158 valence electrons. The van der Waals surface area contributed by atoms with Crippen molar-refractivity contribution in [1.29, 1.82) is 0 Å². The van der Waals surface area contributed by atoms with Crippen molar-refractivity contribution in [3.63, 3.8) is 0 Å². The highest BCUT2D eigenvalue weighted by atomic mass is 19.1. The first-order chi connectivity index (χ1) is 14.2. The second-order valence-electron chi connectivity index (χ2n) is 7.18. The molecule has 0 aliphatic carbocycles. The highest BCUT2D eigenvalue weighted by Crippen LogP contribution is 2.18. The smallest absolute Gasteiger partial charge is 0.323 e. The van der Waals surface area contributed by atoms with E-state index >= 15 is 0 Å². The van der Waals surface area contributed by atoms with Crippen LogP contribution in [0.4, 0.5) is 4.39 Å². The molecule has 1 aliphatic heterocycles. The third kappa shape index (κ3) is 4.37. The van der Waals surface area contributed by atoms with Crippen molar-refractivity contribution in [2.45, 2.75) is 20.3 Å². The number of aliphatic carboxylic acids is 1. The van der Waals surface area contributed by atoms with Gasteiger partial charge in [-0.2, -0.15) is 5.10 Å². The molecule has 0 unspecified atom stereocenters. The maximum Gasteiger partial charge on any atom is 0.323 e. The molecule has 1 aromatic carbocycles. The molecule has 9 nitrogen and oxygen atoms in total. The van der Waals surface area contributed by atoms with Crippen LogP contribution in [0.25, 0.3) is 0 Å². The number of H-pyrrole nitrogens is 1. The van der Waals surface area contributed by atoms with Crippen LogP contribution in [0.3, 0.4) is 0 Å². The number of halogens is 1. The first-order valence-corrected chi connectivity index (χ1v) is 9.29. The molecule has 0 atom stereocenters. The number of hydrogen-bond donors (Lipinski definition) is 2. The van der Waals surface area contributed by atoms with Crippen molar-refractivity contribution in [3.05, 3.63) is 62.3 Å². The number of piperazine rings is 1. The molecule has 2 aromatic rings. The fourth-order valence-corrected chi connectivity index (χ4v) is 3.27. The van der Waals surface area contributed by atoms with Gasteiger partial charge in [0.15, 0.2) is 0 Å². The topological polar surface area (TPSA) is 124 Å². The summed E-state index contributed by atoms with van der Waals surface area (Å²) >= 11 is 0. The minimum Gasteiger partial charge on any atom is -0.480 e. The van der Waals surface area contributed by atoms with Crippen LogP contribution in [0.2, 0.25) is 0 Å². The lowest BCUT2D eigenvalue weighted by Crippen LogP contribution is -2.53. The number of benzene rings is 1. The molecule has 1 fully saturated rings. The molecule has 2 amide bonds. The highest BCUT2D eigenvalue weighted by Gasteiger charge is 2.30. The van der Waals surface area contributed by atoms with Crippen LogP contribution in [-0.2, 0) is 16.0 Å². The number of carboxylic acid groups (broad SMARTS) is 1. The lowest BCUT2D eigenvalue weighted by Gasteiger charge is -2.33. The van der Waals surface area contributed by atoms with E-state index in [1.807, 2.05) is 0 Å². The summed E-state index contributed by atoms with van der Waals surface area (Å²) in [6, 6.07) is 4.12. The summed E-state index contributed by atoms with van der Waals surface area (Å²) < 4.78 is 14.4. The van der Waals surface area contributed by atoms with Gasteiger partial charge >= 0.3 is 5.97 Å². The standard InChI is InChI=1S/C20H21FN4O5/c1-11-12(2)19(29)23-22-16(11)8-13-3-4-15(21)14(7-13)20(30)25-6-5-24(10-18(27)28)17(26)9-25/h3-4,7H,5-6,8-10H2,1-2H3,(H,23,29)(H,27,28). The van der Waals surface area contributed by atoms with Gasteiger partial charge < -0.3 is 14.9 Å². The van der Waals surface area contributed by atoms with Crippen molar-refractivity contribution < 1.29 is 23.9 Å². The van der Waals surface area contributed by atoms with E-state index in [1.165, 1.54) is 23.1 Å². The van der Waals surface area contributed by atoms with Crippen LogP contribution >= 0.6 is 0 Å². The zero-order valence-electron chi connectivity index (χ0n) is 16.6. The third-order valence-electron chi connectivity index (χ3n) is 5.19. The quantitative estimate of drug-likeness (QED) is 0.731. The summed E-state index contributed by atoms with van der Waals surface area (Å²) in [5, 5.41) is 15.3. The monoisotopic (exact) mass is 416 g/mol. The summed E-state index contributed by atoms with van der Waals surface area (Å²) in [6.07, 6.45) is 0.287. The van der Waals surface area contributed by atoms with Crippen LogP contribution in [0.15, 0.2) is 23.0 Å². The van der Waals surface area contributed by atoms with Gasteiger partial charge in [0.25, 0.3) is 11.5 Å². The fraction of sp³-hybridized carbons (Fsp3) is 0.350. The maximum atomic E-state index is 14.4. The molecule has 30 heavy (non-hydrogen) atoms. The number of rotatable bonds is 5. The average Bonchev–Trinajstić information content (AvgIpc) is 2.70. The number of nitrogens with zero attached hydrogens (tertiary/aromatic N) is 3. The Labute approximate surface area is 171 Å². The third-order valence-corrected chi connectivity index (χ3v) is 5.19. The second kappa shape index (κ2) is 8.44. The van der Waals surface area contributed by atoms with Crippen LogP contribution in [0.1, 0.15) is 32.7 Å². The first kappa shape index (κ1) is 21.2. The number of amides is 2. The molecule has 10 heteroatoms. The van der Waals surface area contributed by atoms with Crippen LogP contribution in [0.5, 0.6) is 0 Å². The number of aromatic nitrogens is 2. The molecule has 0 spiro atoms. The predicted octanol–water partition coefficient (Wildman–Crippen LogP) is 0.486. The molecular formula is C20H21FN4O5. The van der Waals surface area contributed by atoms with Gasteiger partial charge in [-0.25, -0.2) is 9.49 Å². The highest BCUT2D eigenvalue weighted by molar-refractivity contribution is 5.97. The molecule has 0 saturated carbocycles. The molecule has 3 rings (SSSR count). The lowest BCUT2D eigenvalue weighted by molar-refractivity contribution is -0.146. The summed E-state index contributed by atoms with van der Waals surface area (Å²) in [5.74, 6) is -2.99. The molecule has 2 heterocycles. The van der Waals surface area contributed by atoms with E-state index < -0.39 is 30.1 Å². The number of hydrogen-bond acceptors (Lipinski definition) is 5. The summed E-state index contributed by atoms with van der Waals surface area (Å²) in [4.78, 5) is 49.7. The van der Waals surface area contributed by atoms with Crippen LogP contribution < -0.4 is 5.56 Å². The maximum absolute atomic E-state index is 14.4. The number of carbonyl (C=O) groups is 3. The summed E-state index contributed by atoms with van der Waals surface area (Å²) in [7, 11) is 0. The van der Waals surface area contributed by atoms with Gasteiger partial charge in [-0.05, 0) is 37.1 Å². The van der Waals surface area contributed by atoms with E-state index in [0.717, 1.165) is 10.5 Å². The molecule has 1 aliphatic rings. The Hall–Kier alpha value is -3.56. The Kier molecular flexibility index (Phi) is 5.95. The number of carbonyl (C=O) groups excluding carboxylic acids is 2. The molecule has 1 aromatic heterocycles. The van der Waals surface area contributed by atoms with Gasteiger partial charge in [-0.3, -0.25) is 19.2 Å². The van der Waals surface area contributed by atoms with Gasteiger partial charge in [-0.15, -0.1) is 0 Å². The van der Waals surface area contributed by atoms with Crippen LogP contribution in [-0.4, -0.2) is 69.1 Å². The zero-order valence-corrected chi connectivity index (χ0v) is 16.6. The molecular weight excluding hydrogens is 395 g/mol. The molecule has 0 radical (unpaired) electrons. The number of aromatic amines is 1. The van der Waals surface area contributed by atoms with E-state index in [9.17, 15) is 23.6 Å². The van der Waals surface area contributed by atoms with Crippen molar-refractivity contribution in [3.8, 4) is 0 Å². The Morgan fingerprint density at radius 2 is 1.93 bits per heavy atom. The molecule has 0 bridgehead atoms. The van der Waals surface area contributed by atoms with E-state index in [0.29, 0.717) is 16.8 Å². The van der Waals surface area contributed by atoms with E-state index in [-0.39, 0.29) is 37.2 Å². The lowest BCUT2D eigenvalue weighted by atomic mass is 10.0. The van der Waals surface area contributed by atoms with Crippen molar-refractivity contribution in [1.82, 2.24) is 20.0 Å². The van der Waals surface area contributed by atoms with Crippen molar-refractivity contribution >= 4 is 17.8 Å². The average molecular weight is 416 g/mol. The van der Waals surface area contributed by atoms with Gasteiger partial charge in [0.2, 0.25) is 5.91 Å². The van der Waals surface area contributed by atoms with E-state index in [1.54, 1.807) is 13.8 Å². The molecule has 1 saturated heterocycles. The minimum absolute atomic E-state index is 0.0674. The Balaban J connectivity index is 1.79. The predicted molar refractivity (Wildman–Crippen MR) is 104 cm³/mol. The Morgan fingerprint density at radius 3 is 2.60 bits per heavy atom. The Bertz CT molecular complexity index is 1080. The van der Waals surface area contributed by atoms with Gasteiger partial charge in [0.05, 0.1) is 11.3 Å². The summed E-state index contributed by atoms with van der Waals surface area (Å²) in [6.45, 7) is 2.88. The minimum atomic E-state index is -1.14. The summed E-state index contributed by atoms with van der Waals surface area (Å²) in [5.41, 5.74) is 2.03. The first-order valence-electron chi connectivity index (χ1n) is 9.29. The van der Waals surface area contributed by atoms with Gasteiger partial charge in [-0.1, -0.05) is 6.07 Å². The SMILES string of the molecule is Cc1c(Cc2ccc(F)c(C(=O)N3CCN(CC(=O)O)C(=O)C3)c2)n[nH]c(=O)c1C. The van der Waals surface area contributed by atoms with Crippen molar-refractivity contribution in [2.75, 3.05) is 26.2 Å². The fourth-order valence-electron chi connectivity index (χ4n) is 3.27. The number of nitrogens with one attached hydrogen (secondary N) is 1. The van der Waals surface area contributed by atoms with E-state index in [4.69, 9.17) is 5.11 Å². The Morgan fingerprint density at radius 1 is 1.20 bits per heavy atom. The second-order valence-corrected chi connectivity index (χ2v) is 7.18. The van der Waals surface area contributed by atoms with E-state index in [2.05, 4.69) is 10.2 Å². The van der Waals surface area contributed by atoms with Gasteiger partial charge in [0, 0.05) is 25.1 Å². The van der Waals surface area contributed by atoms with Crippen molar-refractivity contribution in [2.24, 2.45) is 0 Å². The molecule has 2 N–H and O–H groups in total. The largest absolute Gasteiger partial charge is 0.480 e. The van der Waals surface area contributed by atoms with Gasteiger partial charge in [0.1, 0.15) is 18.9 Å². The normalized spacial score (nSPS) is 14.2. The number of carboxylic acids is 1.